The molecule has 3 aliphatic heterocycles. The number of piperidine rings is 1. The van der Waals surface area contributed by atoms with Crippen molar-refractivity contribution in [3.63, 3.8) is 0 Å². The van der Waals surface area contributed by atoms with Gasteiger partial charge in [0.2, 0.25) is 5.91 Å². The molecule has 0 bridgehead atoms. The number of aromatic nitrogens is 1. The molecule has 7 nitrogen and oxygen atoms in total. The number of thioether (sulfide) groups is 1. The molecule has 5 rings (SSSR count). The number of pyridine rings is 1. The minimum absolute atomic E-state index is 0.103. The fourth-order valence-electron chi connectivity index (χ4n) is 4.46. The third-order valence-electron chi connectivity index (χ3n) is 6.15. The van der Waals surface area contributed by atoms with Crippen LogP contribution in [0.15, 0.2) is 36.7 Å². The Morgan fingerprint density at radius 1 is 1.18 bits per heavy atom. The van der Waals surface area contributed by atoms with Crippen LogP contribution in [0.25, 0.3) is 0 Å². The largest absolute Gasteiger partial charge is 0.397 e. The number of fused-ring (bicyclic) bond motifs is 1. The van der Waals surface area contributed by atoms with Crippen LogP contribution >= 0.6 is 59.6 Å². The summed E-state index contributed by atoms with van der Waals surface area (Å²) in [5.74, 6) is 0.613. The molecule has 2 fully saturated rings. The second-order valence-electron chi connectivity index (χ2n) is 8.27. The van der Waals surface area contributed by atoms with Crippen molar-refractivity contribution in [1.82, 2.24) is 4.98 Å². The molecule has 3 atom stereocenters. The van der Waals surface area contributed by atoms with E-state index in [-0.39, 0.29) is 17.5 Å². The zero-order chi connectivity index (χ0) is 24.1. The molecule has 0 aliphatic carbocycles. The summed E-state index contributed by atoms with van der Waals surface area (Å²) in [6, 6.07) is 5.68. The van der Waals surface area contributed by atoms with Gasteiger partial charge in [-0.2, -0.15) is 5.26 Å². The van der Waals surface area contributed by atoms with E-state index < -0.39 is 11.4 Å². The van der Waals surface area contributed by atoms with Crippen LogP contribution in [0.2, 0.25) is 0 Å². The summed E-state index contributed by atoms with van der Waals surface area (Å²) in [6.45, 7) is 1.42. The zero-order valence-corrected chi connectivity index (χ0v) is 23.2. The number of nitrogen functional groups attached to an aromatic ring is 1. The summed E-state index contributed by atoms with van der Waals surface area (Å²) >= 11 is 11.8. The van der Waals surface area contributed by atoms with Gasteiger partial charge in [-0.3, -0.25) is 9.79 Å². The third kappa shape index (κ3) is 4.14. The predicted octanol–water partition coefficient (Wildman–Crippen LogP) is 5.04. The van der Waals surface area contributed by atoms with Crippen molar-refractivity contribution in [2.75, 3.05) is 35.2 Å². The maximum absolute atomic E-state index is 13.6. The average Bonchev–Trinajstić information content (AvgIpc) is 3.43. The number of hydrogen-bond donors (Lipinski definition) is 1. The molecule has 2 aromatic rings. The second kappa shape index (κ2) is 9.41. The molecule has 2 unspecified atom stereocenters. The highest BCUT2D eigenvalue weighted by Gasteiger charge is 2.44. The summed E-state index contributed by atoms with van der Waals surface area (Å²) in [5.41, 5.74) is 7.98. The Morgan fingerprint density at radius 2 is 1.97 bits per heavy atom. The van der Waals surface area contributed by atoms with Gasteiger partial charge < -0.3 is 15.5 Å². The van der Waals surface area contributed by atoms with E-state index in [9.17, 15) is 14.4 Å². The number of hydrogen-bond acceptors (Lipinski definition) is 7. The molecule has 1 aromatic carbocycles. The molecule has 3 aliphatic rings. The Labute approximate surface area is 225 Å². The van der Waals surface area contributed by atoms with Gasteiger partial charge in [-0.25, -0.2) is 9.37 Å². The predicted molar refractivity (Wildman–Crippen MR) is 143 cm³/mol. The number of nitrogens with zero attached hydrogens (tertiary/aromatic N) is 5. The monoisotopic (exact) mass is 670 g/mol. The second-order valence-corrected chi connectivity index (χ2v) is 12.0. The van der Waals surface area contributed by atoms with Gasteiger partial charge in [-0.1, -0.05) is 11.8 Å². The van der Waals surface area contributed by atoms with Crippen LogP contribution in [0.3, 0.4) is 0 Å². The number of halogens is 4. The van der Waals surface area contributed by atoms with Gasteiger partial charge in [0.25, 0.3) is 0 Å². The van der Waals surface area contributed by atoms with Crippen LogP contribution in [0.1, 0.15) is 24.0 Å². The summed E-state index contributed by atoms with van der Waals surface area (Å²) in [6.07, 6.45) is 2.08. The van der Waals surface area contributed by atoms with Gasteiger partial charge in [0, 0.05) is 33.8 Å². The van der Waals surface area contributed by atoms with Crippen molar-refractivity contribution in [2.24, 2.45) is 4.99 Å². The van der Waals surface area contributed by atoms with E-state index in [1.54, 1.807) is 17.2 Å². The summed E-state index contributed by atoms with van der Waals surface area (Å²) in [5, 5.41) is 10.1. The highest BCUT2D eigenvalue weighted by molar-refractivity contribution is 9.11. The molecule has 12 heteroatoms. The van der Waals surface area contributed by atoms with Crippen molar-refractivity contribution in [1.29, 1.82) is 5.26 Å². The van der Waals surface area contributed by atoms with Gasteiger partial charge in [-0.05, 0) is 72.8 Å². The Morgan fingerprint density at radius 3 is 2.65 bits per heavy atom. The molecule has 4 heterocycles. The van der Waals surface area contributed by atoms with E-state index in [4.69, 9.17) is 10.7 Å². The molecular formula is C22H18Br3FN6OS. The number of benzene rings is 1. The van der Waals surface area contributed by atoms with Crippen LogP contribution < -0.4 is 15.5 Å². The molecule has 0 spiro atoms. The van der Waals surface area contributed by atoms with E-state index in [2.05, 4.69) is 58.8 Å². The van der Waals surface area contributed by atoms with Crippen molar-refractivity contribution in [3.05, 3.63) is 42.9 Å². The first-order valence-electron chi connectivity index (χ1n) is 10.6. The fraction of sp³-hybridized carbons (Fsp3) is 0.364. The number of amides is 1. The number of nitrogens with two attached hydrogens (primary N) is 1. The number of alkyl halides is 1. The van der Waals surface area contributed by atoms with Gasteiger partial charge in [0.05, 0.1) is 28.4 Å². The molecule has 2 N–H and O–H groups in total. The SMILES string of the molecule is N#Cc1c(N)c(Br)cc(Br)c1N1CCC2N=C(c3cnc(N4CC[C@H](F)C4)c(Br)c3)SC2C1=O. The van der Waals surface area contributed by atoms with E-state index in [0.29, 0.717) is 58.6 Å². The molecule has 176 valence electrons. The molecular weight excluding hydrogens is 655 g/mol. The number of carbonyl (C=O) groups excluding carboxylic acids is 1. The maximum atomic E-state index is 13.6. The minimum atomic E-state index is -0.831. The highest BCUT2D eigenvalue weighted by Crippen LogP contribution is 2.43. The van der Waals surface area contributed by atoms with Gasteiger partial charge in [0.1, 0.15) is 33.9 Å². The van der Waals surface area contributed by atoms with Crippen LogP contribution in [0, 0.1) is 11.3 Å². The van der Waals surface area contributed by atoms with Crippen LogP contribution in [-0.4, -0.2) is 53.0 Å². The molecule has 1 aromatic heterocycles. The Hall–Kier alpha value is -1.68. The number of rotatable bonds is 3. The van der Waals surface area contributed by atoms with Gasteiger partial charge in [-0.15, -0.1) is 0 Å². The van der Waals surface area contributed by atoms with Crippen molar-refractivity contribution in [3.8, 4) is 6.07 Å². The summed E-state index contributed by atoms with van der Waals surface area (Å²) in [7, 11) is 0. The molecule has 2 saturated heterocycles. The zero-order valence-electron chi connectivity index (χ0n) is 17.6. The number of nitriles is 1. The first-order chi connectivity index (χ1) is 16.3. The van der Waals surface area contributed by atoms with Crippen molar-refractivity contribution >= 4 is 87.7 Å². The Bertz CT molecular complexity index is 1270. The minimum Gasteiger partial charge on any atom is -0.397 e. The topological polar surface area (TPSA) is 98.6 Å². The molecule has 0 radical (unpaired) electrons. The normalized spacial score (nSPS) is 24.3. The highest BCUT2D eigenvalue weighted by atomic mass is 79.9. The lowest BCUT2D eigenvalue weighted by Crippen LogP contribution is -2.48. The van der Waals surface area contributed by atoms with E-state index in [0.717, 1.165) is 15.1 Å². The fourth-order valence-corrected chi connectivity index (χ4v) is 7.70. The first-order valence-corrected chi connectivity index (χ1v) is 13.8. The van der Waals surface area contributed by atoms with Crippen molar-refractivity contribution < 1.29 is 9.18 Å². The maximum Gasteiger partial charge on any atom is 0.242 e. The lowest BCUT2D eigenvalue weighted by Gasteiger charge is -2.34. The van der Waals surface area contributed by atoms with Crippen LogP contribution in [0.5, 0.6) is 0 Å². The molecule has 34 heavy (non-hydrogen) atoms. The lowest BCUT2D eigenvalue weighted by molar-refractivity contribution is -0.119. The smallest absolute Gasteiger partial charge is 0.242 e. The average molecular weight is 673 g/mol. The number of anilines is 3. The standard InChI is InChI=1S/C22H18Br3FN6OS/c23-13-6-14(24)18(12(7-27)17(13)28)32-4-2-16-19(22(32)33)34-21(30-16)10-5-15(25)20(29-8-10)31-3-1-11(26)9-31/h5-6,8,11,16,19H,1-4,9,28H2/t11-,16?,19?/m0/s1. The van der Waals surface area contributed by atoms with Crippen LogP contribution in [0.4, 0.5) is 21.6 Å². The quantitative estimate of drug-likeness (QED) is 0.459. The van der Waals surface area contributed by atoms with Crippen LogP contribution in [-0.2, 0) is 4.79 Å². The van der Waals surface area contributed by atoms with E-state index >= 15 is 0 Å². The number of carbonyl (C=O) groups is 1. The molecule has 0 saturated carbocycles. The third-order valence-corrected chi connectivity index (χ3v) is 9.33. The summed E-state index contributed by atoms with van der Waals surface area (Å²) < 4.78 is 15.6. The molecule has 1 amide bonds. The number of aliphatic imine (C=N–C) groups is 1. The Balaban J connectivity index is 1.39. The van der Waals surface area contributed by atoms with Crippen molar-refractivity contribution in [2.45, 2.75) is 30.3 Å². The van der Waals surface area contributed by atoms with Gasteiger partial charge >= 0.3 is 0 Å². The van der Waals surface area contributed by atoms with Gasteiger partial charge in [0.15, 0.2) is 0 Å². The first kappa shape index (κ1) is 24.0. The van der Waals surface area contributed by atoms with E-state index in [1.165, 1.54) is 11.8 Å². The summed E-state index contributed by atoms with van der Waals surface area (Å²) in [4.78, 5) is 26.4. The Kier molecular flexibility index (Phi) is 6.65. The van der Waals surface area contributed by atoms with E-state index in [1.807, 2.05) is 11.0 Å². The lowest BCUT2D eigenvalue weighted by atomic mass is 10.0.